The Balaban J connectivity index is 0.000000531. The summed E-state index contributed by atoms with van der Waals surface area (Å²) in [5, 5.41) is 2.17. The summed E-state index contributed by atoms with van der Waals surface area (Å²) in [7, 11) is 0. The van der Waals surface area contributed by atoms with Crippen LogP contribution in [0.5, 0.6) is 0 Å². The summed E-state index contributed by atoms with van der Waals surface area (Å²) in [6.45, 7) is 6.18. The first-order valence-corrected chi connectivity index (χ1v) is 5.56. The number of rotatable bonds is 1. The SMILES string of the molecule is CC.CCC1=CC=c2ncncc2=CC1. The highest BCUT2D eigenvalue weighted by Gasteiger charge is 1.95. The Morgan fingerprint density at radius 2 is 2.07 bits per heavy atom. The first-order chi connectivity index (χ1) is 7.40. The molecule has 80 valence electrons. The van der Waals surface area contributed by atoms with Crippen LogP contribution >= 0.6 is 0 Å². The molecule has 2 rings (SSSR count). The molecular weight excluding hydrogens is 184 g/mol. The molecule has 0 bridgehead atoms. The first-order valence-electron chi connectivity index (χ1n) is 5.56. The topological polar surface area (TPSA) is 25.8 Å². The Morgan fingerprint density at radius 3 is 2.80 bits per heavy atom. The summed E-state index contributed by atoms with van der Waals surface area (Å²) >= 11 is 0. The molecule has 2 heteroatoms. The average molecular weight is 202 g/mol. The van der Waals surface area contributed by atoms with E-state index < -0.39 is 0 Å². The third-order valence-electron chi connectivity index (χ3n) is 2.29. The van der Waals surface area contributed by atoms with Crippen molar-refractivity contribution < 1.29 is 0 Å². The molecule has 0 aliphatic heterocycles. The smallest absolute Gasteiger partial charge is 0.116 e. The van der Waals surface area contributed by atoms with E-state index in [2.05, 4.69) is 35.1 Å². The minimum atomic E-state index is 1.02. The van der Waals surface area contributed by atoms with E-state index in [4.69, 9.17) is 0 Å². The predicted octanol–water partition coefficient (Wildman–Crippen LogP) is 1.80. The Labute approximate surface area is 91.1 Å². The molecule has 0 N–H and O–H groups in total. The van der Waals surface area contributed by atoms with Gasteiger partial charge in [-0.1, -0.05) is 38.5 Å². The van der Waals surface area contributed by atoms with Gasteiger partial charge in [-0.05, 0) is 18.9 Å². The van der Waals surface area contributed by atoms with Crippen LogP contribution in [0.1, 0.15) is 33.6 Å². The maximum atomic E-state index is 4.21. The zero-order valence-electron chi connectivity index (χ0n) is 9.70. The fourth-order valence-corrected chi connectivity index (χ4v) is 1.41. The van der Waals surface area contributed by atoms with E-state index in [1.54, 1.807) is 6.33 Å². The van der Waals surface area contributed by atoms with E-state index in [0.717, 1.165) is 23.4 Å². The second kappa shape index (κ2) is 6.12. The van der Waals surface area contributed by atoms with Gasteiger partial charge in [0.2, 0.25) is 0 Å². The molecule has 1 aliphatic carbocycles. The molecule has 1 aromatic rings. The van der Waals surface area contributed by atoms with E-state index in [1.807, 2.05) is 20.0 Å². The Bertz CT molecular complexity index is 444. The lowest BCUT2D eigenvalue weighted by atomic mass is 10.1. The number of nitrogens with zero attached hydrogens (tertiary/aromatic N) is 2. The molecule has 0 unspecified atom stereocenters. The van der Waals surface area contributed by atoms with Crippen LogP contribution in [0.2, 0.25) is 0 Å². The lowest BCUT2D eigenvalue weighted by Crippen LogP contribution is -2.27. The van der Waals surface area contributed by atoms with E-state index in [1.165, 1.54) is 5.57 Å². The number of allylic oxidation sites excluding steroid dienone is 2. The van der Waals surface area contributed by atoms with E-state index >= 15 is 0 Å². The molecule has 0 spiro atoms. The normalized spacial score (nSPS) is 13.1. The van der Waals surface area contributed by atoms with Gasteiger partial charge in [-0.3, -0.25) is 0 Å². The quantitative estimate of drug-likeness (QED) is 0.694. The second-order valence-corrected chi connectivity index (χ2v) is 3.12. The zero-order valence-corrected chi connectivity index (χ0v) is 9.70. The number of hydrogen-bond donors (Lipinski definition) is 0. The van der Waals surface area contributed by atoms with E-state index in [9.17, 15) is 0 Å². The molecule has 1 aromatic heterocycles. The second-order valence-electron chi connectivity index (χ2n) is 3.12. The number of hydrogen-bond acceptors (Lipinski definition) is 2. The zero-order chi connectivity index (χ0) is 11.1. The summed E-state index contributed by atoms with van der Waals surface area (Å²) in [6.07, 6.45) is 12.0. The van der Waals surface area contributed by atoms with Crippen LogP contribution in [0, 0.1) is 0 Å². The van der Waals surface area contributed by atoms with Crippen LogP contribution in [-0.2, 0) is 0 Å². The highest BCUT2D eigenvalue weighted by Crippen LogP contribution is 2.07. The maximum Gasteiger partial charge on any atom is 0.116 e. The van der Waals surface area contributed by atoms with Gasteiger partial charge in [-0.2, -0.15) is 0 Å². The number of aromatic nitrogens is 2. The molecule has 0 saturated heterocycles. The predicted molar refractivity (Wildman–Crippen MR) is 64.6 cm³/mol. The largest absolute Gasteiger partial charge is 0.244 e. The van der Waals surface area contributed by atoms with Crippen LogP contribution in [0.15, 0.2) is 24.2 Å². The van der Waals surface area contributed by atoms with Crippen molar-refractivity contribution in [3.05, 3.63) is 34.7 Å². The minimum absolute atomic E-state index is 1.02. The van der Waals surface area contributed by atoms with Crippen LogP contribution in [0.25, 0.3) is 12.2 Å². The fraction of sp³-hybridized carbons (Fsp3) is 0.385. The van der Waals surface area contributed by atoms with Crippen LogP contribution in [-0.4, -0.2) is 9.97 Å². The van der Waals surface area contributed by atoms with Crippen molar-refractivity contribution in [3.8, 4) is 0 Å². The molecule has 0 fully saturated rings. The van der Waals surface area contributed by atoms with Gasteiger partial charge < -0.3 is 0 Å². The molecule has 2 nitrogen and oxygen atoms in total. The molecule has 0 amide bonds. The van der Waals surface area contributed by atoms with Crippen molar-refractivity contribution in [2.24, 2.45) is 0 Å². The van der Waals surface area contributed by atoms with Gasteiger partial charge in [0.05, 0.1) is 5.35 Å². The van der Waals surface area contributed by atoms with Gasteiger partial charge in [0, 0.05) is 11.4 Å². The molecule has 1 aliphatic rings. The van der Waals surface area contributed by atoms with Crippen molar-refractivity contribution in [2.45, 2.75) is 33.6 Å². The lowest BCUT2D eigenvalue weighted by Gasteiger charge is -1.94. The molecule has 1 heterocycles. The fourth-order valence-electron chi connectivity index (χ4n) is 1.41. The standard InChI is InChI=1S/C11H12N2.C2H6/c1-2-9-3-5-10-7-12-8-13-11(10)6-4-9;1-2/h4-8H,2-3H2,1H3;1-2H3. The molecule has 0 radical (unpaired) electrons. The van der Waals surface area contributed by atoms with Gasteiger partial charge in [0.15, 0.2) is 0 Å². The van der Waals surface area contributed by atoms with Gasteiger partial charge in [0.1, 0.15) is 6.33 Å². The summed E-state index contributed by atoms with van der Waals surface area (Å²) in [6, 6.07) is 0. The van der Waals surface area contributed by atoms with Crippen molar-refractivity contribution >= 4 is 12.2 Å². The van der Waals surface area contributed by atoms with Crippen molar-refractivity contribution in [3.63, 3.8) is 0 Å². The van der Waals surface area contributed by atoms with E-state index in [-0.39, 0.29) is 0 Å². The van der Waals surface area contributed by atoms with Crippen molar-refractivity contribution in [1.29, 1.82) is 0 Å². The van der Waals surface area contributed by atoms with Gasteiger partial charge in [-0.25, -0.2) is 9.97 Å². The van der Waals surface area contributed by atoms with Gasteiger partial charge in [-0.15, -0.1) is 0 Å². The van der Waals surface area contributed by atoms with Crippen LogP contribution < -0.4 is 10.6 Å². The lowest BCUT2D eigenvalue weighted by molar-refractivity contribution is 1.05. The summed E-state index contributed by atoms with van der Waals surface area (Å²) < 4.78 is 0. The Morgan fingerprint density at radius 1 is 1.27 bits per heavy atom. The van der Waals surface area contributed by atoms with Crippen LogP contribution in [0.3, 0.4) is 0 Å². The third kappa shape index (κ3) is 3.01. The van der Waals surface area contributed by atoms with Gasteiger partial charge >= 0.3 is 0 Å². The average Bonchev–Trinajstić information content (AvgIpc) is 2.54. The molecule has 0 saturated carbocycles. The summed E-state index contributed by atoms with van der Waals surface area (Å²) in [5.74, 6) is 0. The third-order valence-corrected chi connectivity index (χ3v) is 2.29. The molecular formula is C13H18N2. The van der Waals surface area contributed by atoms with E-state index in [0.29, 0.717) is 0 Å². The minimum Gasteiger partial charge on any atom is -0.244 e. The van der Waals surface area contributed by atoms with Crippen molar-refractivity contribution in [1.82, 2.24) is 9.97 Å². The van der Waals surface area contributed by atoms with Crippen molar-refractivity contribution in [2.75, 3.05) is 0 Å². The first kappa shape index (κ1) is 11.6. The highest BCUT2D eigenvalue weighted by atomic mass is 14.8. The Kier molecular flexibility index (Phi) is 4.75. The molecule has 0 atom stereocenters. The van der Waals surface area contributed by atoms with Crippen LogP contribution in [0.4, 0.5) is 0 Å². The maximum absolute atomic E-state index is 4.21. The monoisotopic (exact) mass is 202 g/mol. The highest BCUT2D eigenvalue weighted by molar-refractivity contribution is 5.45. The summed E-state index contributed by atoms with van der Waals surface area (Å²) in [5.41, 5.74) is 1.44. The summed E-state index contributed by atoms with van der Waals surface area (Å²) in [4.78, 5) is 8.21. The molecule has 15 heavy (non-hydrogen) atoms. The van der Waals surface area contributed by atoms with Gasteiger partial charge in [0.25, 0.3) is 0 Å². The number of fused-ring (bicyclic) bond motifs is 1. The Hall–Kier alpha value is -1.44. The molecule has 0 aromatic carbocycles.